The summed E-state index contributed by atoms with van der Waals surface area (Å²) >= 11 is 0. The normalized spacial score (nSPS) is 13.6. The van der Waals surface area contributed by atoms with Crippen molar-refractivity contribution in [1.82, 2.24) is 10.3 Å². The van der Waals surface area contributed by atoms with Crippen LogP contribution in [0.15, 0.2) is 85.1 Å². The number of anilines is 1. The van der Waals surface area contributed by atoms with Gasteiger partial charge in [-0.1, -0.05) is 66.2 Å². The molecule has 3 aromatic carbocycles. The van der Waals surface area contributed by atoms with Crippen LogP contribution in [0.1, 0.15) is 36.6 Å². The van der Waals surface area contributed by atoms with Gasteiger partial charge < -0.3 is 15.0 Å². The maximum absolute atomic E-state index is 14.0. The van der Waals surface area contributed by atoms with Gasteiger partial charge in [-0.2, -0.15) is 0 Å². The van der Waals surface area contributed by atoms with Crippen LogP contribution < -0.4 is 10.2 Å². The molecule has 4 rings (SSSR count). The van der Waals surface area contributed by atoms with Gasteiger partial charge in [-0.15, -0.1) is 0 Å². The molecule has 0 bridgehead atoms. The Hall–Kier alpha value is -4.06. The van der Waals surface area contributed by atoms with E-state index in [0.29, 0.717) is 5.69 Å². The first-order valence-electron chi connectivity index (χ1n) is 11.7. The van der Waals surface area contributed by atoms with Crippen molar-refractivity contribution in [2.24, 2.45) is 0 Å². The molecule has 6 heteroatoms. The van der Waals surface area contributed by atoms with Gasteiger partial charge in [0.2, 0.25) is 5.91 Å². The molecule has 0 radical (unpaired) electrons. The highest BCUT2D eigenvalue weighted by atomic mass is 16.5. The molecule has 0 aliphatic rings. The third kappa shape index (κ3) is 4.92. The third-order valence-electron chi connectivity index (χ3n) is 6.49. The second-order valence-corrected chi connectivity index (χ2v) is 9.06. The van der Waals surface area contributed by atoms with Crippen LogP contribution in [0.5, 0.6) is 0 Å². The monoisotopic (exact) mass is 469 g/mol. The number of carbonyl (C=O) groups is 2. The number of nitrogens with zero attached hydrogens (tertiary/aromatic N) is 1. The van der Waals surface area contributed by atoms with Crippen molar-refractivity contribution in [2.75, 3.05) is 12.0 Å². The van der Waals surface area contributed by atoms with Gasteiger partial charge >= 0.3 is 6.09 Å². The Kier molecular flexibility index (Phi) is 6.92. The maximum atomic E-state index is 14.0. The molecular weight excluding hydrogens is 438 g/mol. The average molecular weight is 470 g/mol. The number of aromatic amines is 1. The van der Waals surface area contributed by atoms with E-state index in [9.17, 15) is 9.59 Å². The number of H-pyrrole nitrogens is 1. The van der Waals surface area contributed by atoms with E-state index < -0.39 is 11.6 Å². The summed E-state index contributed by atoms with van der Waals surface area (Å²) in [6, 6.07) is 25.0. The first-order valence-corrected chi connectivity index (χ1v) is 11.7. The fourth-order valence-electron chi connectivity index (χ4n) is 4.46. The molecule has 0 fully saturated rings. The Balaban J connectivity index is 1.79. The van der Waals surface area contributed by atoms with Crippen molar-refractivity contribution in [2.45, 2.75) is 38.8 Å². The standard InChI is InChI=1S/C29H31N3O3/c1-20-14-16-24(17-15-20)32(28(34)35-4)29(3,18-23-19-30-26-13-9-8-12-25(23)26)27(33)31-21(2)22-10-6-5-7-11-22/h5-17,19,21,30H,18H2,1-4H3,(H,31,33)/t21-,29+/m0/s1. The number of fused-ring (bicyclic) bond motifs is 1. The van der Waals surface area contributed by atoms with Gasteiger partial charge in [0.15, 0.2) is 0 Å². The minimum absolute atomic E-state index is 0.247. The molecule has 2 atom stereocenters. The van der Waals surface area contributed by atoms with Crippen LogP contribution in [0, 0.1) is 6.92 Å². The SMILES string of the molecule is COC(=O)N(c1ccc(C)cc1)[C@](C)(Cc1c[nH]c2ccccc12)C(=O)N[C@@H](C)c1ccccc1. The Labute approximate surface area is 205 Å². The number of rotatable bonds is 7. The number of hydrogen-bond donors (Lipinski definition) is 2. The van der Waals surface area contributed by atoms with E-state index in [4.69, 9.17) is 4.74 Å². The molecule has 2 N–H and O–H groups in total. The highest BCUT2D eigenvalue weighted by Crippen LogP contribution is 2.32. The molecule has 1 heterocycles. The molecular formula is C29H31N3O3. The van der Waals surface area contributed by atoms with Crippen LogP contribution in [0.4, 0.5) is 10.5 Å². The number of carbonyl (C=O) groups excluding carboxylic acids is 2. The molecule has 0 aliphatic heterocycles. The van der Waals surface area contributed by atoms with Gasteiger partial charge in [-0.25, -0.2) is 4.79 Å². The van der Waals surface area contributed by atoms with Crippen LogP contribution >= 0.6 is 0 Å². The van der Waals surface area contributed by atoms with Crippen LogP contribution in [0.25, 0.3) is 10.9 Å². The Morgan fingerprint density at radius 1 is 1.00 bits per heavy atom. The van der Waals surface area contributed by atoms with Gasteiger partial charge in [-0.3, -0.25) is 9.69 Å². The molecule has 2 amide bonds. The molecule has 0 unspecified atom stereocenters. The van der Waals surface area contributed by atoms with Crippen molar-refractivity contribution in [3.8, 4) is 0 Å². The van der Waals surface area contributed by atoms with Crippen molar-refractivity contribution in [3.63, 3.8) is 0 Å². The smallest absolute Gasteiger partial charge is 0.414 e. The summed E-state index contributed by atoms with van der Waals surface area (Å²) < 4.78 is 5.19. The van der Waals surface area contributed by atoms with Gasteiger partial charge in [0.25, 0.3) is 0 Å². The summed E-state index contributed by atoms with van der Waals surface area (Å²) in [5.41, 5.74) is 3.26. The number of methoxy groups -OCH3 is 1. The molecule has 1 aromatic heterocycles. The largest absolute Gasteiger partial charge is 0.452 e. The van der Waals surface area contributed by atoms with Crippen LogP contribution in [-0.4, -0.2) is 29.6 Å². The number of amides is 2. The van der Waals surface area contributed by atoms with E-state index in [1.807, 2.05) is 98.9 Å². The van der Waals surface area contributed by atoms with Crippen molar-refractivity contribution in [3.05, 3.63) is 102 Å². The van der Waals surface area contributed by atoms with E-state index in [2.05, 4.69) is 10.3 Å². The Bertz CT molecular complexity index is 1310. The molecule has 0 aliphatic carbocycles. The zero-order chi connectivity index (χ0) is 25.0. The van der Waals surface area contributed by atoms with Crippen molar-refractivity contribution < 1.29 is 14.3 Å². The number of aryl methyl sites for hydroxylation is 1. The zero-order valence-corrected chi connectivity index (χ0v) is 20.5. The lowest BCUT2D eigenvalue weighted by molar-refractivity contribution is -0.126. The third-order valence-corrected chi connectivity index (χ3v) is 6.49. The van der Waals surface area contributed by atoms with Crippen molar-refractivity contribution >= 4 is 28.6 Å². The summed E-state index contributed by atoms with van der Waals surface area (Å²) in [5.74, 6) is -0.273. The summed E-state index contributed by atoms with van der Waals surface area (Å²) in [5, 5.41) is 4.15. The first-order chi connectivity index (χ1) is 16.8. The summed E-state index contributed by atoms with van der Waals surface area (Å²) in [6.07, 6.45) is 1.59. The first kappa shape index (κ1) is 24.1. The fourth-order valence-corrected chi connectivity index (χ4v) is 4.46. The minimum Gasteiger partial charge on any atom is -0.452 e. The lowest BCUT2D eigenvalue weighted by atomic mass is 9.88. The van der Waals surface area contributed by atoms with Gasteiger partial charge in [0, 0.05) is 29.2 Å². The molecule has 0 saturated heterocycles. The lowest BCUT2D eigenvalue weighted by Gasteiger charge is -2.39. The van der Waals surface area contributed by atoms with E-state index in [0.717, 1.165) is 27.6 Å². The fraction of sp³-hybridized carbons (Fsp3) is 0.241. The second-order valence-electron chi connectivity index (χ2n) is 9.06. The quantitative estimate of drug-likeness (QED) is 0.352. The number of hydrogen-bond acceptors (Lipinski definition) is 3. The predicted molar refractivity (Wildman–Crippen MR) is 139 cm³/mol. The molecule has 6 nitrogen and oxygen atoms in total. The number of benzene rings is 3. The number of ether oxygens (including phenoxy) is 1. The number of aromatic nitrogens is 1. The maximum Gasteiger partial charge on any atom is 0.414 e. The van der Waals surface area contributed by atoms with Crippen LogP contribution in [0.2, 0.25) is 0 Å². The van der Waals surface area contributed by atoms with Crippen LogP contribution in [0.3, 0.4) is 0 Å². The molecule has 0 saturated carbocycles. The Morgan fingerprint density at radius 3 is 2.34 bits per heavy atom. The average Bonchev–Trinajstić information content (AvgIpc) is 3.28. The zero-order valence-electron chi connectivity index (χ0n) is 20.5. The Morgan fingerprint density at radius 2 is 1.66 bits per heavy atom. The highest BCUT2D eigenvalue weighted by Gasteiger charge is 2.45. The molecule has 35 heavy (non-hydrogen) atoms. The highest BCUT2D eigenvalue weighted by molar-refractivity contribution is 6.01. The minimum atomic E-state index is -1.28. The van der Waals surface area contributed by atoms with E-state index in [1.165, 1.54) is 12.0 Å². The predicted octanol–water partition coefficient (Wildman–Crippen LogP) is 5.93. The summed E-state index contributed by atoms with van der Waals surface area (Å²) in [4.78, 5) is 32.0. The summed E-state index contributed by atoms with van der Waals surface area (Å²) in [7, 11) is 1.33. The lowest BCUT2D eigenvalue weighted by Crippen LogP contribution is -2.61. The molecule has 0 spiro atoms. The van der Waals surface area contributed by atoms with Crippen molar-refractivity contribution in [1.29, 1.82) is 0 Å². The molecule has 180 valence electrons. The summed E-state index contributed by atoms with van der Waals surface area (Å²) in [6.45, 7) is 5.71. The van der Waals surface area contributed by atoms with E-state index in [-0.39, 0.29) is 18.4 Å². The molecule has 4 aromatic rings. The topological polar surface area (TPSA) is 74.4 Å². The van der Waals surface area contributed by atoms with Crippen LogP contribution in [-0.2, 0) is 16.0 Å². The number of para-hydroxylation sites is 1. The van der Waals surface area contributed by atoms with Gasteiger partial charge in [0.05, 0.1) is 13.2 Å². The van der Waals surface area contributed by atoms with Gasteiger partial charge in [-0.05, 0) is 50.1 Å². The second kappa shape index (κ2) is 10.1. The van der Waals surface area contributed by atoms with Gasteiger partial charge in [0.1, 0.15) is 5.54 Å². The van der Waals surface area contributed by atoms with E-state index >= 15 is 0 Å². The van der Waals surface area contributed by atoms with E-state index in [1.54, 1.807) is 6.92 Å². The number of nitrogens with one attached hydrogen (secondary N) is 2.